The molecule has 3 aromatic heterocycles. The summed E-state index contributed by atoms with van der Waals surface area (Å²) >= 11 is 3.06. The van der Waals surface area contributed by atoms with Crippen LogP contribution in [0.25, 0.3) is 10.6 Å². The van der Waals surface area contributed by atoms with Crippen LogP contribution in [0.15, 0.2) is 47.4 Å². The Morgan fingerprint density at radius 1 is 1.19 bits per heavy atom. The van der Waals surface area contributed by atoms with Gasteiger partial charge in [0.2, 0.25) is 0 Å². The molecule has 0 aliphatic carbocycles. The predicted octanol–water partition coefficient (Wildman–Crippen LogP) is 3.24. The number of hydrogen-bond donors (Lipinski definition) is 1. The van der Waals surface area contributed by atoms with Gasteiger partial charge in [0.1, 0.15) is 5.01 Å². The Kier molecular flexibility index (Phi) is 4.37. The van der Waals surface area contributed by atoms with Gasteiger partial charge < -0.3 is 5.32 Å². The maximum atomic E-state index is 11.8. The van der Waals surface area contributed by atoms with Crippen LogP contribution in [0.4, 0.5) is 0 Å². The largest absolute Gasteiger partial charge is 0.351 e. The molecule has 106 valence electrons. The van der Waals surface area contributed by atoms with Gasteiger partial charge in [0.15, 0.2) is 0 Å². The summed E-state index contributed by atoms with van der Waals surface area (Å²) in [5.41, 5.74) is 2.07. The van der Waals surface area contributed by atoms with Crippen LogP contribution in [0.1, 0.15) is 15.4 Å². The summed E-state index contributed by atoms with van der Waals surface area (Å²) in [4.78, 5) is 21.1. The molecule has 0 aromatic carbocycles. The number of carbonyl (C=O) groups excluding carboxylic acids is 1. The first kappa shape index (κ1) is 13.9. The molecule has 0 aliphatic heterocycles. The molecule has 0 saturated heterocycles. The molecule has 6 heteroatoms. The molecule has 4 nitrogen and oxygen atoms in total. The molecule has 21 heavy (non-hydrogen) atoms. The van der Waals surface area contributed by atoms with E-state index in [1.165, 1.54) is 11.3 Å². The molecule has 0 bridgehead atoms. The average Bonchev–Trinajstić information content (AvgIpc) is 3.20. The van der Waals surface area contributed by atoms with Crippen molar-refractivity contribution < 1.29 is 4.79 Å². The van der Waals surface area contributed by atoms with Crippen molar-refractivity contribution in [2.75, 3.05) is 6.54 Å². The van der Waals surface area contributed by atoms with Gasteiger partial charge in [-0.1, -0.05) is 6.07 Å². The van der Waals surface area contributed by atoms with Crippen molar-refractivity contribution in [2.24, 2.45) is 0 Å². The van der Waals surface area contributed by atoms with Crippen LogP contribution >= 0.6 is 22.7 Å². The topological polar surface area (TPSA) is 54.9 Å². The molecule has 3 rings (SSSR count). The minimum atomic E-state index is -0.0189. The molecule has 3 heterocycles. The van der Waals surface area contributed by atoms with Crippen molar-refractivity contribution in [1.29, 1.82) is 0 Å². The predicted molar refractivity (Wildman–Crippen MR) is 85.7 cm³/mol. The number of nitrogens with one attached hydrogen (secondary N) is 1. The Morgan fingerprint density at radius 2 is 2.05 bits per heavy atom. The van der Waals surface area contributed by atoms with E-state index in [-0.39, 0.29) is 5.91 Å². The number of thiazole rings is 1. The molecule has 0 saturated carbocycles. The second-order valence-electron chi connectivity index (χ2n) is 4.36. The Hall–Kier alpha value is -2.05. The zero-order valence-electron chi connectivity index (χ0n) is 11.2. The Labute approximate surface area is 130 Å². The lowest BCUT2D eigenvalue weighted by molar-refractivity contribution is 0.0958. The fraction of sp³-hybridized carbons (Fsp3) is 0.133. The van der Waals surface area contributed by atoms with E-state index in [0.717, 1.165) is 27.6 Å². The van der Waals surface area contributed by atoms with Gasteiger partial charge in [-0.3, -0.25) is 9.78 Å². The van der Waals surface area contributed by atoms with E-state index >= 15 is 0 Å². The van der Waals surface area contributed by atoms with Crippen LogP contribution in [0.3, 0.4) is 0 Å². The van der Waals surface area contributed by atoms with Crippen molar-refractivity contribution >= 4 is 28.6 Å². The Morgan fingerprint density at radius 3 is 2.81 bits per heavy atom. The first-order chi connectivity index (χ1) is 10.3. The summed E-state index contributed by atoms with van der Waals surface area (Å²) in [5.74, 6) is -0.0189. The van der Waals surface area contributed by atoms with E-state index in [4.69, 9.17) is 0 Å². The molecule has 0 atom stereocenters. The van der Waals surface area contributed by atoms with Crippen molar-refractivity contribution in [2.45, 2.75) is 6.42 Å². The summed E-state index contributed by atoms with van der Waals surface area (Å²) in [5, 5.41) is 7.83. The number of thiophene rings is 1. The lowest BCUT2D eigenvalue weighted by Gasteiger charge is -2.01. The summed E-state index contributed by atoms with van der Waals surface area (Å²) in [7, 11) is 0. The number of aromatic nitrogens is 2. The molecule has 0 aliphatic rings. The lowest BCUT2D eigenvalue weighted by atomic mass is 10.3. The molecular formula is C15H13N3OS2. The number of rotatable bonds is 5. The number of amides is 1. The number of carbonyl (C=O) groups is 1. The van der Waals surface area contributed by atoms with Gasteiger partial charge in [-0.25, -0.2) is 4.98 Å². The maximum Gasteiger partial charge on any atom is 0.261 e. The van der Waals surface area contributed by atoms with E-state index in [9.17, 15) is 4.79 Å². The summed E-state index contributed by atoms with van der Waals surface area (Å²) in [6.07, 6.45) is 4.26. The van der Waals surface area contributed by atoms with E-state index < -0.39 is 0 Å². The van der Waals surface area contributed by atoms with Gasteiger partial charge >= 0.3 is 0 Å². The van der Waals surface area contributed by atoms with Gasteiger partial charge in [0.05, 0.1) is 10.6 Å². The number of pyridine rings is 1. The highest BCUT2D eigenvalue weighted by Gasteiger charge is 2.07. The molecular weight excluding hydrogens is 302 g/mol. The number of hydrogen-bond acceptors (Lipinski definition) is 5. The molecule has 3 aromatic rings. The molecule has 0 fully saturated rings. The second-order valence-corrected chi connectivity index (χ2v) is 6.17. The van der Waals surface area contributed by atoms with E-state index in [1.807, 2.05) is 35.0 Å². The quantitative estimate of drug-likeness (QED) is 0.786. The van der Waals surface area contributed by atoms with E-state index in [1.54, 1.807) is 23.7 Å². The Balaban J connectivity index is 1.55. The van der Waals surface area contributed by atoms with Crippen LogP contribution < -0.4 is 5.32 Å². The third-order valence-electron chi connectivity index (χ3n) is 2.89. The molecule has 0 unspecified atom stereocenters. The summed E-state index contributed by atoms with van der Waals surface area (Å²) < 4.78 is 0. The fourth-order valence-electron chi connectivity index (χ4n) is 1.85. The van der Waals surface area contributed by atoms with Crippen molar-refractivity contribution in [3.05, 3.63) is 58.0 Å². The zero-order chi connectivity index (χ0) is 14.5. The van der Waals surface area contributed by atoms with Crippen LogP contribution in [0.5, 0.6) is 0 Å². The molecule has 1 amide bonds. The van der Waals surface area contributed by atoms with Crippen molar-refractivity contribution in [3.63, 3.8) is 0 Å². The van der Waals surface area contributed by atoms with Gasteiger partial charge in [-0.15, -0.1) is 22.7 Å². The SMILES string of the molecule is O=C(NCCc1csc(-c2ccncc2)n1)c1cccs1. The Bertz CT molecular complexity index is 708. The van der Waals surface area contributed by atoms with Gasteiger partial charge in [-0.2, -0.15) is 0 Å². The third kappa shape index (κ3) is 3.53. The van der Waals surface area contributed by atoms with Gasteiger partial charge in [0.25, 0.3) is 5.91 Å². The highest BCUT2D eigenvalue weighted by Crippen LogP contribution is 2.22. The van der Waals surface area contributed by atoms with Crippen molar-refractivity contribution in [3.8, 4) is 10.6 Å². The monoisotopic (exact) mass is 315 g/mol. The van der Waals surface area contributed by atoms with Gasteiger partial charge in [0, 0.05) is 36.3 Å². The normalized spacial score (nSPS) is 10.5. The average molecular weight is 315 g/mol. The van der Waals surface area contributed by atoms with Crippen LogP contribution in [-0.4, -0.2) is 22.4 Å². The highest BCUT2D eigenvalue weighted by molar-refractivity contribution is 7.13. The van der Waals surface area contributed by atoms with Crippen LogP contribution in [-0.2, 0) is 6.42 Å². The van der Waals surface area contributed by atoms with Gasteiger partial charge in [-0.05, 0) is 23.6 Å². The fourth-order valence-corrected chi connectivity index (χ4v) is 3.35. The first-order valence-corrected chi connectivity index (χ1v) is 8.25. The third-order valence-corrected chi connectivity index (χ3v) is 4.70. The maximum absolute atomic E-state index is 11.8. The zero-order valence-corrected chi connectivity index (χ0v) is 12.8. The molecule has 1 N–H and O–H groups in total. The first-order valence-electron chi connectivity index (χ1n) is 6.49. The summed E-state index contributed by atoms with van der Waals surface area (Å²) in [6, 6.07) is 7.59. The lowest BCUT2D eigenvalue weighted by Crippen LogP contribution is -2.24. The minimum Gasteiger partial charge on any atom is -0.351 e. The van der Waals surface area contributed by atoms with Crippen LogP contribution in [0.2, 0.25) is 0 Å². The van der Waals surface area contributed by atoms with E-state index in [2.05, 4.69) is 15.3 Å². The summed E-state index contributed by atoms with van der Waals surface area (Å²) in [6.45, 7) is 0.594. The van der Waals surface area contributed by atoms with Crippen molar-refractivity contribution in [1.82, 2.24) is 15.3 Å². The second kappa shape index (κ2) is 6.60. The molecule has 0 radical (unpaired) electrons. The smallest absolute Gasteiger partial charge is 0.261 e. The molecule has 0 spiro atoms. The van der Waals surface area contributed by atoms with Crippen LogP contribution in [0, 0.1) is 0 Å². The standard InChI is InChI=1S/C15H13N3OS2/c19-14(13-2-1-9-20-13)17-8-5-12-10-21-15(18-12)11-3-6-16-7-4-11/h1-4,6-7,9-10H,5,8H2,(H,17,19). The number of nitrogens with zero attached hydrogens (tertiary/aromatic N) is 2. The highest BCUT2D eigenvalue weighted by atomic mass is 32.1. The van der Waals surface area contributed by atoms with E-state index in [0.29, 0.717) is 6.54 Å². The minimum absolute atomic E-state index is 0.0189.